The number of aryl methyl sites for hydroxylation is 1. The molecule has 2 N–H and O–H groups in total. The van der Waals surface area contributed by atoms with E-state index in [1.54, 1.807) is 31.2 Å². The zero-order valence-corrected chi connectivity index (χ0v) is 20.5. The van der Waals surface area contributed by atoms with Crippen molar-refractivity contribution in [2.75, 3.05) is 0 Å². The van der Waals surface area contributed by atoms with Gasteiger partial charge in [0, 0.05) is 10.8 Å². The van der Waals surface area contributed by atoms with Gasteiger partial charge in [-0.2, -0.15) is 20.2 Å². The molecule has 3 heterocycles. The molecule has 3 aromatic heterocycles. The SMILES string of the molecule is Cc1[nH]n(-c2nc(SCc3ccccc3)nc3n[nH]c(CC#N)c23)c(=O)c1N=Nc1ccc(Cl)cc1. The summed E-state index contributed by atoms with van der Waals surface area (Å²) in [5, 5.41) is 29.3. The number of H-pyrrole nitrogens is 2. The summed E-state index contributed by atoms with van der Waals surface area (Å²) in [6.07, 6.45) is 0.0565. The van der Waals surface area contributed by atoms with Gasteiger partial charge in [-0.3, -0.25) is 15.0 Å². The molecular formula is C24H18ClN9OS. The highest BCUT2D eigenvalue weighted by atomic mass is 35.5. The first-order valence-corrected chi connectivity index (χ1v) is 12.2. The van der Waals surface area contributed by atoms with Gasteiger partial charge in [0.1, 0.15) is 0 Å². The second-order valence-electron chi connectivity index (χ2n) is 7.74. The molecule has 0 amide bonds. The number of aromatic amines is 2. The van der Waals surface area contributed by atoms with Crippen molar-refractivity contribution in [3.05, 3.63) is 86.9 Å². The van der Waals surface area contributed by atoms with Crippen molar-refractivity contribution in [3.63, 3.8) is 0 Å². The maximum Gasteiger partial charge on any atom is 0.300 e. The van der Waals surface area contributed by atoms with Gasteiger partial charge in [-0.05, 0) is 36.8 Å². The van der Waals surface area contributed by atoms with E-state index in [2.05, 4.69) is 41.6 Å². The average molecular weight is 516 g/mol. The molecule has 0 unspecified atom stereocenters. The minimum Gasteiger partial charge on any atom is -0.292 e. The second kappa shape index (κ2) is 10.2. The maximum atomic E-state index is 13.4. The van der Waals surface area contributed by atoms with Gasteiger partial charge >= 0.3 is 5.56 Å². The van der Waals surface area contributed by atoms with E-state index in [1.807, 2.05) is 30.3 Å². The third-order valence-corrected chi connectivity index (χ3v) is 6.43. The molecule has 0 saturated heterocycles. The van der Waals surface area contributed by atoms with E-state index in [1.165, 1.54) is 16.4 Å². The second-order valence-corrected chi connectivity index (χ2v) is 9.12. The van der Waals surface area contributed by atoms with Gasteiger partial charge in [0.05, 0.1) is 35.0 Å². The quantitative estimate of drug-likeness (QED) is 0.165. The van der Waals surface area contributed by atoms with Crippen molar-refractivity contribution >= 4 is 45.8 Å². The van der Waals surface area contributed by atoms with Gasteiger partial charge in [-0.25, -0.2) is 9.97 Å². The van der Waals surface area contributed by atoms with Gasteiger partial charge < -0.3 is 0 Å². The van der Waals surface area contributed by atoms with E-state index < -0.39 is 5.56 Å². The van der Waals surface area contributed by atoms with Crippen molar-refractivity contribution in [1.29, 1.82) is 5.26 Å². The number of thioether (sulfide) groups is 1. The third kappa shape index (κ3) is 4.77. The molecule has 178 valence electrons. The fraction of sp³-hybridized carbons (Fsp3) is 0.125. The molecule has 10 nitrogen and oxygen atoms in total. The minimum atomic E-state index is -0.437. The monoisotopic (exact) mass is 515 g/mol. The lowest BCUT2D eigenvalue weighted by molar-refractivity contribution is 0.789. The number of hydrogen-bond donors (Lipinski definition) is 2. The van der Waals surface area contributed by atoms with E-state index in [0.29, 0.717) is 44.0 Å². The van der Waals surface area contributed by atoms with Crippen LogP contribution in [0.5, 0.6) is 0 Å². The van der Waals surface area contributed by atoms with Crippen LogP contribution in [0.25, 0.3) is 16.9 Å². The number of fused-ring (bicyclic) bond motifs is 1. The van der Waals surface area contributed by atoms with Crippen molar-refractivity contribution in [3.8, 4) is 11.9 Å². The van der Waals surface area contributed by atoms with Crippen molar-refractivity contribution in [2.24, 2.45) is 10.2 Å². The number of aromatic nitrogens is 6. The first kappa shape index (κ1) is 23.5. The molecule has 0 aliphatic carbocycles. The Morgan fingerprint density at radius 2 is 1.89 bits per heavy atom. The summed E-state index contributed by atoms with van der Waals surface area (Å²) in [4.78, 5) is 22.6. The molecule has 0 aliphatic heterocycles. The van der Waals surface area contributed by atoms with Gasteiger partial charge in [-0.1, -0.05) is 53.7 Å². The molecule has 0 aliphatic rings. The number of nitriles is 1. The number of nitrogens with zero attached hydrogens (tertiary/aromatic N) is 7. The van der Waals surface area contributed by atoms with Crippen LogP contribution in [0.4, 0.5) is 11.4 Å². The Balaban J connectivity index is 1.58. The van der Waals surface area contributed by atoms with Crippen LogP contribution in [0.1, 0.15) is 17.0 Å². The van der Waals surface area contributed by atoms with E-state index in [9.17, 15) is 10.1 Å². The number of rotatable bonds is 7. The lowest BCUT2D eigenvalue weighted by Crippen LogP contribution is -2.17. The lowest BCUT2D eigenvalue weighted by Gasteiger charge is -2.07. The van der Waals surface area contributed by atoms with Crippen LogP contribution in [-0.4, -0.2) is 29.9 Å². The number of halogens is 1. The number of benzene rings is 2. The largest absolute Gasteiger partial charge is 0.300 e. The summed E-state index contributed by atoms with van der Waals surface area (Å²) < 4.78 is 1.29. The topological polar surface area (TPSA) is 141 Å². The average Bonchev–Trinajstić information content (AvgIpc) is 3.42. The molecule has 0 saturated carbocycles. The number of azo groups is 1. The van der Waals surface area contributed by atoms with Crippen LogP contribution in [0.15, 0.2) is 74.8 Å². The molecule has 12 heteroatoms. The minimum absolute atomic E-state index is 0.0565. The third-order valence-electron chi connectivity index (χ3n) is 5.26. The normalized spacial score (nSPS) is 11.4. The van der Waals surface area contributed by atoms with Gasteiger partial charge in [-0.15, -0.1) is 5.11 Å². The maximum absolute atomic E-state index is 13.4. The van der Waals surface area contributed by atoms with E-state index in [4.69, 9.17) is 11.6 Å². The molecule has 0 spiro atoms. The van der Waals surface area contributed by atoms with E-state index >= 15 is 0 Å². The number of nitrogens with one attached hydrogen (secondary N) is 2. The van der Waals surface area contributed by atoms with E-state index in [-0.39, 0.29) is 17.9 Å². The van der Waals surface area contributed by atoms with Crippen LogP contribution >= 0.6 is 23.4 Å². The highest BCUT2D eigenvalue weighted by Crippen LogP contribution is 2.27. The Hall–Kier alpha value is -4.27. The standard InChI is InChI=1S/C24H18ClN9OS/c1-14-20(31-29-17-9-7-16(25)8-10-17)23(35)34(33-14)22-19-18(11-12-26)30-32-21(19)27-24(28-22)36-13-15-5-3-2-4-6-15/h2-10,33H,11,13H2,1H3,(H,27,28,30,32). The molecule has 5 rings (SSSR count). The van der Waals surface area contributed by atoms with Gasteiger partial charge in [0.25, 0.3) is 0 Å². The molecular weight excluding hydrogens is 498 g/mol. The summed E-state index contributed by atoms with van der Waals surface area (Å²) in [5.74, 6) is 0.927. The summed E-state index contributed by atoms with van der Waals surface area (Å²) >= 11 is 7.34. The zero-order chi connectivity index (χ0) is 25.1. The Labute approximate surface area is 214 Å². The molecule has 5 aromatic rings. The van der Waals surface area contributed by atoms with Gasteiger partial charge in [0.15, 0.2) is 22.3 Å². The Kier molecular flexibility index (Phi) is 6.62. The van der Waals surface area contributed by atoms with Crippen molar-refractivity contribution < 1.29 is 0 Å². The Morgan fingerprint density at radius 3 is 2.64 bits per heavy atom. The van der Waals surface area contributed by atoms with Crippen LogP contribution < -0.4 is 5.56 Å². The van der Waals surface area contributed by atoms with Crippen LogP contribution in [0, 0.1) is 18.3 Å². The predicted octanol–water partition coefficient (Wildman–Crippen LogP) is 5.57. The van der Waals surface area contributed by atoms with Crippen molar-refractivity contribution in [1.82, 2.24) is 29.9 Å². The fourth-order valence-corrected chi connectivity index (χ4v) is 4.44. The molecule has 0 fully saturated rings. The lowest BCUT2D eigenvalue weighted by atomic mass is 10.2. The first-order chi connectivity index (χ1) is 17.5. The zero-order valence-electron chi connectivity index (χ0n) is 18.9. The number of hydrogen-bond acceptors (Lipinski definition) is 8. The van der Waals surface area contributed by atoms with Crippen molar-refractivity contribution in [2.45, 2.75) is 24.3 Å². The summed E-state index contributed by atoms with van der Waals surface area (Å²) in [6.45, 7) is 1.73. The fourth-order valence-electron chi connectivity index (χ4n) is 3.52. The highest BCUT2D eigenvalue weighted by molar-refractivity contribution is 7.98. The molecule has 0 atom stereocenters. The highest BCUT2D eigenvalue weighted by Gasteiger charge is 2.21. The summed E-state index contributed by atoms with van der Waals surface area (Å²) in [6, 6.07) is 18.8. The first-order valence-electron chi connectivity index (χ1n) is 10.8. The van der Waals surface area contributed by atoms with Crippen LogP contribution in [0.2, 0.25) is 5.02 Å². The van der Waals surface area contributed by atoms with E-state index in [0.717, 1.165) is 5.56 Å². The van der Waals surface area contributed by atoms with Crippen LogP contribution in [-0.2, 0) is 12.2 Å². The predicted molar refractivity (Wildman–Crippen MR) is 137 cm³/mol. The summed E-state index contributed by atoms with van der Waals surface area (Å²) in [5.41, 5.74) is 2.76. The Morgan fingerprint density at radius 1 is 1.11 bits per heavy atom. The molecule has 2 aromatic carbocycles. The molecule has 0 bridgehead atoms. The Bertz CT molecular complexity index is 1660. The molecule has 36 heavy (non-hydrogen) atoms. The molecule has 0 radical (unpaired) electrons. The van der Waals surface area contributed by atoms with Gasteiger partial charge in [0.2, 0.25) is 0 Å². The van der Waals surface area contributed by atoms with Crippen LogP contribution in [0.3, 0.4) is 0 Å². The smallest absolute Gasteiger partial charge is 0.292 e. The summed E-state index contributed by atoms with van der Waals surface area (Å²) in [7, 11) is 0.